The Hall–Kier alpha value is -0.570. The Bertz CT molecular complexity index is 278. The molecule has 0 atom stereocenters. The summed E-state index contributed by atoms with van der Waals surface area (Å²) in [6, 6.07) is 0. The van der Waals surface area contributed by atoms with Crippen molar-refractivity contribution in [3.63, 3.8) is 0 Å². The molecule has 0 heterocycles. The van der Waals surface area contributed by atoms with Gasteiger partial charge in [0.05, 0.1) is 6.54 Å². The fourth-order valence-corrected chi connectivity index (χ4v) is 4.88. The first-order chi connectivity index (χ1) is 7.63. The van der Waals surface area contributed by atoms with Crippen molar-refractivity contribution < 1.29 is 4.79 Å². The van der Waals surface area contributed by atoms with Gasteiger partial charge in [-0.3, -0.25) is 4.79 Å². The highest BCUT2D eigenvalue weighted by molar-refractivity contribution is 5.78. The minimum absolute atomic E-state index is 0.127. The summed E-state index contributed by atoms with van der Waals surface area (Å²) in [6.45, 7) is 0.165. The standard InChI is InChI=1S/C13H22N2O/c1-15(12(16)8-14)13-5-9-2-10(6-13)4-11(3-9)7-13/h9-11H,2-8,14H2,1H3. The van der Waals surface area contributed by atoms with Crippen molar-refractivity contribution in [2.24, 2.45) is 23.5 Å². The number of nitrogens with zero attached hydrogens (tertiary/aromatic N) is 1. The second-order valence-corrected chi connectivity index (χ2v) is 6.30. The van der Waals surface area contributed by atoms with Gasteiger partial charge in [0, 0.05) is 12.6 Å². The van der Waals surface area contributed by atoms with Crippen LogP contribution in [0.15, 0.2) is 0 Å². The summed E-state index contributed by atoms with van der Waals surface area (Å²) in [6.07, 6.45) is 7.97. The van der Waals surface area contributed by atoms with Crippen molar-refractivity contribution in [2.45, 2.75) is 44.1 Å². The first-order valence-electron chi connectivity index (χ1n) is 6.60. The Kier molecular flexibility index (Phi) is 2.29. The van der Waals surface area contributed by atoms with E-state index in [2.05, 4.69) is 0 Å². The largest absolute Gasteiger partial charge is 0.339 e. The Morgan fingerprint density at radius 3 is 2.00 bits per heavy atom. The zero-order valence-electron chi connectivity index (χ0n) is 10.1. The molecule has 3 heteroatoms. The molecule has 4 aliphatic rings. The van der Waals surface area contributed by atoms with E-state index in [4.69, 9.17) is 5.73 Å². The van der Waals surface area contributed by atoms with Crippen molar-refractivity contribution in [1.29, 1.82) is 0 Å². The molecule has 16 heavy (non-hydrogen) atoms. The van der Waals surface area contributed by atoms with Gasteiger partial charge < -0.3 is 10.6 Å². The summed E-state index contributed by atoms with van der Waals surface area (Å²) >= 11 is 0. The molecule has 90 valence electrons. The van der Waals surface area contributed by atoms with E-state index in [9.17, 15) is 4.79 Å². The fraction of sp³-hybridized carbons (Fsp3) is 0.923. The summed E-state index contributed by atoms with van der Waals surface area (Å²) in [7, 11) is 1.97. The van der Waals surface area contributed by atoms with Crippen LogP contribution >= 0.6 is 0 Å². The first-order valence-corrected chi connectivity index (χ1v) is 6.60. The van der Waals surface area contributed by atoms with E-state index in [0.717, 1.165) is 17.8 Å². The monoisotopic (exact) mass is 222 g/mol. The average Bonchev–Trinajstić information content (AvgIpc) is 2.25. The molecule has 0 aromatic rings. The van der Waals surface area contributed by atoms with Gasteiger partial charge in [0.15, 0.2) is 0 Å². The number of nitrogens with two attached hydrogens (primary N) is 1. The predicted molar refractivity (Wildman–Crippen MR) is 62.7 cm³/mol. The Balaban J connectivity index is 1.85. The molecular weight excluding hydrogens is 200 g/mol. The minimum Gasteiger partial charge on any atom is -0.339 e. The second kappa shape index (κ2) is 3.46. The van der Waals surface area contributed by atoms with Crippen molar-refractivity contribution in [3.8, 4) is 0 Å². The maximum atomic E-state index is 11.8. The van der Waals surface area contributed by atoms with Crippen LogP contribution < -0.4 is 5.73 Å². The maximum absolute atomic E-state index is 11.8. The summed E-state index contributed by atoms with van der Waals surface area (Å²) in [5.74, 6) is 2.79. The molecule has 2 N–H and O–H groups in total. The van der Waals surface area contributed by atoms with Crippen LogP contribution in [0.1, 0.15) is 38.5 Å². The Labute approximate surface area is 97.4 Å². The number of carbonyl (C=O) groups is 1. The molecule has 0 spiro atoms. The van der Waals surface area contributed by atoms with Gasteiger partial charge in [0.25, 0.3) is 0 Å². The van der Waals surface area contributed by atoms with E-state index < -0.39 is 0 Å². The van der Waals surface area contributed by atoms with Gasteiger partial charge in [-0.05, 0) is 56.3 Å². The molecule has 0 radical (unpaired) electrons. The van der Waals surface area contributed by atoms with E-state index >= 15 is 0 Å². The average molecular weight is 222 g/mol. The normalized spacial score (nSPS) is 44.8. The SMILES string of the molecule is CN(C(=O)CN)C12CC3CC(CC(C3)C1)C2. The lowest BCUT2D eigenvalue weighted by atomic mass is 9.52. The lowest BCUT2D eigenvalue weighted by molar-refractivity contribution is -0.145. The van der Waals surface area contributed by atoms with Crippen molar-refractivity contribution >= 4 is 5.91 Å². The number of hydrogen-bond acceptors (Lipinski definition) is 2. The second-order valence-electron chi connectivity index (χ2n) is 6.30. The van der Waals surface area contributed by atoms with E-state index in [1.54, 1.807) is 0 Å². The van der Waals surface area contributed by atoms with Crippen LogP contribution in [0, 0.1) is 17.8 Å². The van der Waals surface area contributed by atoms with E-state index in [-0.39, 0.29) is 18.0 Å². The smallest absolute Gasteiger partial charge is 0.236 e. The molecule has 4 rings (SSSR count). The number of carbonyl (C=O) groups excluding carboxylic acids is 1. The summed E-state index contributed by atoms with van der Waals surface area (Å²) < 4.78 is 0. The van der Waals surface area contributed by atoms with Gasteiger partial charge >= 0.3 is 0 Å². The van der Waals surface area contributed by atoms with Crippen LogP contribution in [0.3, 0.4) is 0 Å². The Morgan fingerprint density at radius 2 is 1.62 bits per heavy atom. The molecule has 0 unspecified atom stereocenters. The molecular formula is C13H22N2O. The van der Waals surface area contributed by atoms with Crippen LogP contribution in [-0.2, 0) is 4.79 Å². The van der Waals surface area contributed by atoms with Gasteiger partial charge in [-0.2, -0.15) is 0 Å². The summed E-state index contributed by atoms with van der Waals surface area (Å²) in [5, 5.41) is 0. The van der Waals surface area contributed by atoms with Gasteiger partial charge in [0.1, 0.15) is 0 Å². The number of likely N-dealkylation sites (N-methyl/N-ethyl adjacent to an activating group) is 1. The number of hydrogen-bond donors (Lipinski definition) is 1. The molecule has 4 aliphatic carbocycles. The molecule has 1 amide bonds. The van der Waals surface area contributed by atoms with E-state index in [1.807, 2.05) is 11.9 Å². The minimum atomic E-state index is 0.127. The van der Waals surface area contributed by atoms with Crippen molar-refractivity contribution in [2.75, 3.05) is 13.6 Å². The van der Waals surface area contributed by atoms with Gasteiger partial charge in [-0.15, -0.1) is 0 Å². The highest BCUT2D eigenvalue weighted by Gasteiger charge is 2.53. The predicted octanol–water partition coefficient (Wildman–Crippen LogP) is 1.37. The molecule has 3 nitrogen and oxygen atoms in total. The molecule has 0 aromatic heterocycles. The van der Waals surface area contributed by atoms with E-state index in [1.165, 1.54) is 38.5 Å². The number of rotatable bonds is 2. The number of amides is 1. The highest BCUT2D eigenvalue weighted by Crippen LogP contribution is 2.57. The highest BCUT2D eigenvalue weighted by atomic mass is 16.2. The van der Waals surface area contributed by atoms with E-state index in [0.29, 0.717) is 0 Å². The molecule has 0 saturated heterocycles. The zero-order chi connectivity index (χ0) is 11.3. The van der Waals surface area contributed by atoms with Crippen LogP contribution in [-0.4, -0.2) is 29.9 Å². The van der Waals surface area contributed by atoms with Gasteiger partial charge in [-0.1, -0.05) is 0 Å². The molecule has 0 aromatic carbocycles. The summed E-state index contributed by atoms with van der Waals surface area (Å²) in [5.41, 5.74) is 5.69. The van der Waals surface area contributed by atoms with Crippen molar-refractivity contribution in [3.05, 3.63) is 0 Å². The van der Waals surface area contributed by atoms with Crippen molar-refractivity contribution in [1.82, 2.24) is 4.90 Å². The topological polar surface area (TPSA) is 46.3 Å². The third kappa shape index (κ3) is 1.41. The van der Waals surface area contributed by atoms with Crippen LogP contribution in [0.25, 0.3) is 0 Å². The van der Waals surface area contributed by atoms with Gasteiger partial charge in [-0.25, -0.2) is 0 Å². The van der Waals surface area contributed by atoms with Crippen LogP contribution in [0.4, 0.5) is 0 Å². The third-order valence-electron chi connectivity index (χ3n) is 5.27. The Morgan fingerprint density at radius 1 is 1.19 bits per heavy atom. The summed E-state index contributed by atoms with van der Waals surface area (Å²) in [4.78, 5) is 13.8. The van der Waals surface area contributed by atoms with Gasteiger partial charge in [0.2, 0.25) is 5.91 Å². The molecule has 0 aliphatic heterocycles. The molecule has 4 saturated carbocycles. The zero-order valence-corrected chi connectivity index (χ0v) is 10.1. The fourth-order valence-electron chi connectivity index (χ4n) is 4.88. The third-order valence-corrected chi connectivity index (χ3v) is 5.27. The molecule has 4 bridgehead atoms. The lowest BCUT2D eigenvalue weighted by Crippen LogP contribution is -2.61. The first kappa shape index (κ1) is 10.6. The maximum Gasteiger partial charge on any atom is 0.236 e. The molecule has 4 fully saturated rings. The van der Waals surface area contributed by atoms with Crippen LogP contribution in [0.5, 0.6) is 0 Å². The van der Waals surface area contributed by atoms with Crippen LogP contribution in [0.2, 0.25) is 0 Å². The quantitative estimate of drug-likeness (QED) is 0.767. The lowest BCUT2D eigenvalue weighted by Gasteiger charge is -2.59.